The lowest BCUT2D eigenvalue weighted by Gasteiger charge is -2.23. The third-order valence-corrected chi connectivity index (χ3v) is 5.55. The van der Waals surface area contributed by atoms with Crippen LogP contribution in [0.2, 0.25) is 0 Å². The van der Waals surface area contributed by atoms with Crippen LogP contribution in [0, 0.1) is 12.7 Å². The fourth-order valence-corrected chi connectivity index (χ4v) is 4.00. The summed E-state index contributed by atoms with van der Waals surface area (Å²) in [6.07, 6.45) is 1.62. The number of nitrogens with zero attached hydrogens (tertiary/aromatic N) is 1. The van der Waals surface area contributed by atoms with Crippen LogP contribution >= 0.6 is 11.3 Å². The summed E-state index contributed by atoms with van der Waals surface area (Å²) in [6, 6.07) is 3.72. The average molecular weight is 314 g/mol. The minimum absolute atomic E-state index is 0.0426. The quantitative estimate of drug-likeness (QED) is 0.944. The molecule has 108 valence electrons. The van der Waals surface area contributed by atoms with E-state index in [0.29, 0.717) is 10.6 Å². The molecule has 0 amide bonds. The van der Waals surface area contributed by atoms with Gasteiger partial charge in [-0.2, -0.15) is 4.72 Å². The zero-order chi connectivity index (χ0) is 15.0. The summed E-state index contributed by atoms with van der Waals surface area (Å²) in [6.45, 7) is 5.00. The first-order valence-electron chi connectivity index (χ1n) is 5.92. The number of hydrogen-bond acceptors (Lipinski definition) is 4. The number of nitrogens with one attached hydrogen (secondary N) is 1. The van der Waals surface area contributed by atoms with Gasteiger partial charge in [-0.1, -0.05) is 0 Å². The van der Waals surface area contributed by atoms with Crippen LogP contribution in [-0.4, -0.2) is 13.4 Å². The van der Waals surface area contributed by atoms with Crippen molar-refractivity contribution in [3.8, 4) is 0 Å². The first kappa shape index (κ1) is 15.1. The molecule has 2 aromatic rings. The van der Waals surface area contributed by atoms with Crippen LogP contribution in [0.4, 0.5) is 4.39 Å². The Balaban J connectivity index is 2.34. The molecule has 0 fully saturated rings. The van der Waals surface area contributed by atoms with E-state index in [9.17, 15) is 12.8 Å². The second-order valence-electron chi connectivity index (χ2n) is 4.98. The van der Waals surface area contributed by atoms with Gasteiger partial charge in [-0.3, -0.25) is 0 Å². The van der Waals surface area contributed by atoms with E-state index < -0.39 is 21.4 Å². The van der Waals surface area contributed by atoms with Crippen molar-refractivity contribution in [2.24, 2.45) is 0 Å². The van der Waals surface area contributed by atoms with Crippen molar-refractivity contribution < 1.29 is 12.8 Å². The number of halogens is 1. The molecule has 0 radical (unpaired) electrons. The minimum atomic E-state index is -3.73. The Bertz CT molecular complexity index is 710. The molecule has 0 bridgehead atoms. The molecule has 1 aromatic heterocycles. The number of rotatable bonds is 4. The van der Waals surface area contributed by atoms with Crippen molar-refractivity contribution in [2.75, 3.05) is 0 Å². The van der Waals surface area contributed by atoms with Gasteiger partial charge in [-0.15, -0.1) is 11.3 Å². The summed E-state index contributed by atoms with van der Waals surface area (Å²) >= 11 is 1.37. The maximum atomic E-state index is 13.2. The van der Waals surface area contributed by atoms with Crippen molar-refractivity contribution in [3.05, 3.63) is 46.2 Å². The number of thiazole rings is 1. The lowest BCUT2D eigenvalue weighted by molar-refractivity contribution is 0.469. The second kappa shape index (κ2) is 5.23. The minimum Gasteiger partial charge on any atom is -0.248 e. The molecule has 0 aliphatic carbocycles. The van der Waals surface area contributed by atoms with Crippen molar-refractivity contribution >= 4 is 21.4 Å². The Morgan fingerprint density at radius 2 is 2.05 bits per heavy atom. The average Bonchev–Trinajstić information content (AvgIpc) is 2.85. The molecular formula is C13H15FN2O2S2. The summed E-state index contributed by atoms with van der Waals surface area (Å²) in [4.78, 5) is 4.17. The van der Waals surface area contributed by atoms with E-state index in [1.165, 1.54) is 30.4 Å². The standard InChI is InChI=1S/C13H15FN2O2S2/c1-9-8-10(4-5-11(9)14)20(17,18)16-13(2,3)12-15-6-7-19-12/h4-8,16H,1-3H3. The Hall–Kier alpha value is -1.31. The molecule has 2 rings (SSSR count). The van der Waals surface area contributed by atoms with Crippen molar-refractivity contribution in [1.82, 2.24) is 9.71 Å². The molecule has 20 heavy (non-hydrogen) atoms. The highest BCUT2D eigenvalue weighted by Crippen LogP contribution is 2.25. The largest absolute Gasteiger partial charge is 0.248 e. The van der Waals surface area contributed by atoms with Gasteiger partial charge in [0, 0.05) is 11.6 Å². The van der Waals surface area contributed by atoms with Crippen LogP contribution in [0.1, 0.15) is 24.4 Å². The van der Waals surface area contributed by atoms with Gasteiger partial charge in [0.05, 0.1) is 10.4 Å². The fourth-order valence-electron chi connectivity index (χ4n) is 1.75. The number of sulfonamides is 1. The van der Waals surface area contributed by atoms with Gasteiger partial charge in [0.1, 0.15) is 10.8 Å². The highest BCUT2D eigenvalue weighted by atomic mass is 32.2. The molecule has 0 aliphatic heterocycles. The monoisotopic (exact) mass is 314 g/mol. The van der Waals surface area contributed by atoms with E-state index in [-0.39, 0.29) is 4.90 Å². The SMILES string of the molecule is Cc1cc(S(=O)(=O)NC(C)(C)c2nccs2)ccc1F. The van der Waals surface area contributed by atoms with Gasteiger partial charge in [-0.25, -0.2) is 17.8 Å². The molecule has 0 aliphatic rings. The molecule has 0 saturated carbocycles. The maximum Gasteiger partial charge on any atom is 0.241 e. The summed E-state index contributed by atoms with van der Waals surface area (Å²) in [5, 5.41) is 2.45. The molecular weight excluding hydrogens is 299 g/mol. The molecule has 0 unspecified atom stereocenters. The van der Waals surface area contributed by atoms with Crippen LogP contribution in [-0.2, 0) is 15.6 Å². The van der Waals surface area contributed by atoms with Gasteiger partial charge in [0.15, 0.2) is 0 Å². The van der Waals surface area contributed by atoms with Crippen molar-refractivity contribution in [3.63, 3.8) is 0 Å². The van der Waals surface area contributed by atoms with Crippen LogP contribution in [0.3, 0.4) is 0 Å². The predicted octanol–water partition coefficient (Wildman–Crippen LogP) is 2.80. The Morgan fingerprint density at radius 1 is 1.35 bits per heavy atom. The summed E-state index contributed by atoms with van der Waals surface area (Å²) in [7, 11) is -3.73. The smallest absolute Gasteiger partial charge is 0.241 e. The maximum absolute atomic E-state index is 13.2. The van der Waals surface area contributed by atoms with Crippen molar-refractivity contribution in [1.29, 1.82) is 0 Å². The van der Waals surface area contributed by atoms with Crippen molar-refractivity contribution in [2.45, 2.75) is 31.2 Å². The van der Waals surface area contributed by atoms with Gasteiger partial charge in [-0.05, 0) is 44.5 Å². The zero-order valence-corrected chi connectivity index (χ0v) is 13.0. The summed E-state index contributed by atoms with van der Waals surface area (Å²) in [5.41, 5.74) is -0.533. The van der Waals surface area contributed by atoms with Crippen LogP contribution in [0.5, 0.6) is 0 Å². The van der Waals surface area contributed by atoms with E-state index in [1.54, 1.807) is 25.4 Å². The second-order valence-corrected chi connectivity index (χ2v) is 7.56. The molecule has 7 heteroatoms. The van der Waals surface area contributed by atoms with Crippen LogP contribution < -0.4 is 4.72 Å². The van der Waals surface area contributed by atoms with Gasteiger partial charge < -0.3 is 0 Å². The molecule has 4 nitrogen and oxygen atoms in total. The molecule has 1 N–H and O–H groups in total. The lowest BCUT2D eigenvalue weighted by atomic mass is 10.1. The number of aromatic nitrogens is 1. The highest BCUT2D eigenvalue weighted by molar-refractivity contribution is 7.89. The highest BCUT2D eigenvalue weighted by Gasteiger charge is 2.30. The zero-order valence-electron chi connectivity index (χ0n) is 11.3. The molecule has 0 spiro atoms. The Labute approximate surface area is 121 Å². The molecule has 0 saturated heterocycles. The number of hydrogen-bond donors (Lipinski definition) is 1. The fraction of sp³-hybridized carbons (Fsp3) is 0.308. The van der Waals surface area contributed by atoms with E-state index in [0.717, 1.165) is 6.07 Å². The van der Waals surface area contributed by atoms with Crippen LogP contribution in [0.15, 0.2) is 34.7 Å². The Morgan fingerprint density at radius 3 is 2.60 bits per heavy atom. The summed E-state index contributed by atoms with van der Waals surface area (Å²) in [5.74, 6) is -0.428. The molecule has 1 heterocycles. The van der Waals surface area contributed by atoms with Gasteiger partial charge in [0.2, 0.25) is 10.0 Å². The topological polar surface area (TPSA) is 59.1 Å². The molecule has 0 atom stereocenters. The third kappa shape index (κ3) is 3.05. The summed E-state index contributed by atoms with van der Waals surface area (Å²) < 4.78 is 40.5. The van der Waals surface area contributed by atoms with Gasteiger partial charge >= 0.3 is 0 Å². The van der Waals surface area contributed by atoms with E-state index in [2.05, 4.69) is 9.71 Å². The normalized spacial score (nSPS) is 12.6. The van der Waals surface area contributed by atoms with Crippen LogP contribution in [0.25, 0.3) is 0 Å². The lowest BCUT2D eigenvalue weighted by Crippen LogP contribution is -2.40. The van der Waals surface area contributed by atoms with E-state index in [1.807, 2.05) is 0 Å². The number of aryl methyl sites for hydroxylation is 1. The van der Waals surface area contributed by atoms with Gasteiger partial charge in [0.25, 0.3) is 0 Å². The third-order valence-electron chi connectivity index (χ3n) is 2.80. The van der Waals surface area contributed by atoms with E-state index in [4.69, 9.17) is 0 Å². The predicted molar refractivity (Wildman–Crippen MR) is 76.6 cm³/mol. The molecule has 1 aromatic carbocycles. The Kier molecular flexibility index (Phi) is 3.95. The van der Waals surface area contributed by atoms with E-state index >= 15 is 0 Å². The number of benzene rings is 1. The first-order valence-corrected chi connectivity index (χ1v) is 8.29. The first-order chi connectivity index (χ1) is 9.22.